The molecular weight excluding hydrogens is 768 g/mol. The molecular formula is C41H72N6O12. The van der Waals surface area contributed by atoms with E-state index in [0.29, 0.717) is 12.1 Å². The van der Waals surface area contributed by atoms with Gasteiger partial charge in [0.05, 0.1) is 26.2 Å². The Morgan fingerprint density at radius 2 is 1.20 bits per heavy atom. The summed E-state index contributed by atoms with van der Waals surface area (Å²) < 4.78 is 11.2. The van der Waals surface area contributed by atoms with Crippen molar-refractivity contribution in [2.24, 2.45) is 21.7 Å². The van der Waals surface area contributed by atoms with Gasteiger partial charge in [-0.25, -0.2) is 4.79 Å². The van der Waals surface area contributed by atoms with Crippen LogP contribution in [0.2, 0.25) is 0 Å². The van der Waals surface area contributed by atoms with E-state index in [-0.39, 0.29) is 103 Å². The van der Waals surface area contributed by atoms with Crippen LogP contribution in [0.3, 0.4) is 0 Å². The van der Waals surface area contributed by atoms with Gasteiger partial charge in [0.1, 0.15) is 19.1 Å². The first-order valence-electron chi connectivity index (χ1n) is 20.0. The monoisotopic (exact) mass is 841 g/mol. The summed E-state index contributed by atoms with van der Waals surface area (Å²) in [5, 5.41) is 32.3. The fourth-order valence-electron chi connectivity index (χ4n) is 6.12. The summed E-state index contributed by atoms with van der Waals surface area (Å²) in [5.41, 5.74) is -3.11. The Bertz CT molecular complexity index is 1470. The molecule has 0 unspecified atom stereocenters. The molecule has 0 aliphatic rings. The highest BCUT2D eigenvalue weighted by Gasteiger charge is 2.38. The molecule has 7 N–H and O–H groups in total. The number of nitrogens with zero attached hydrogens (tertiary/aromatic N) is 1. The third kappa shape index (κ3) is 23.6. The Balaban J connectivity index is 4.64. The van der Waals surface area contributed by atoms with Crippen LogP contribution < -0.4 is 26.6 Å². The first-order valence-corrected chi connectivity index (χ1v) is 20.0. The molecule has 59 heavy (non-hydrogen) atoms. The smallest absolute Gasteiger partial charge is 0.326 e. The van der Waals surface area contributed by atoms with E-state index < -0.39 is 63.3 Å². The number of allylic oxidation sites excluding steroid dienone is 1. The molecule has 0 spiro atoms. The van der Waals surface area contributed by atoms with Gasteiger partial charge in [-0.15, -0.1) is 0 Å². The van der Waals surface area contributed by atoms with Crippen molar-refractivity contribution in [1.82, 2.24) is 31.5 Å². The van der Waals surface area contributed by atoms with Crippen LogP contribution in [0.15, 0.2) is 12.3 Å². The zero-order valence-corrected chi connectivity index (χ0v) is 37.2. The van der Waals surface area contributed by atoms with Crippen molar-refractivity contribution in [3.05, 3.63) is 12.3 Å². The molecule has 0 aromatic rings. The Hall–Kier alpha value is -4.58. The van der Waals surface area contributed by atoms with Crippen molar-refractivity contribution in [3.8, 4) is 0 Å². The maximum atomic E-state index is 13.0. The van der Waals surface area contributed by atoms with Crippen LogP contribution in [-0.2, 0) is 47.8 Å². The van der Waals surface area contributed by atoms with Gasteiger partial charge in [-0.3, -0.25) is 33.6 Å². The molecule has 1 atom stereocenters. The van der Waals surface area contributed by atoms with Crippen LogP contribution >= 0.6 is 0 Å². The van der Waals surface area contributed by atoms with Gasteiger partial charge in [-0.05, 0) is 51.9 Å². The number of carbonyl (C=O) groups excluding carboxylic acids is 6. The third-order valence-electron chi connectivity index (χ3n) is 9.28. The van der Waals surface area contributed by atoms with Crippen molar-refractivity contribution >= 4 is 47.4 Å². The molecule has 0 aliphatic heterocycles. The summed E-state index contributed by atoms with van der Waals surface area (Å²) in [6.07, 6.45) is 0.492. The van der Waals surface area contributed by atoms with Crippen molar-refractivity contribution in [3.63, 3.8) is 0 Å². The average molecular weight is 841 g/mol. The summed E-state index contributed by atoms with van der Waals surface area (Å²) in [5.74, 6) is -4.73. The average Bonchev–Trinajstić information content (AvgIpc) is 3.06. The molecule has 18 nitrogen and oxygen atoms in total. The predicted molar refractivity (Wildman–Crippen MR) is 221 cm³/mol. The number of carbonyl (C=O) groups is 8. The standard InChI is InChI=1S/C41H72N6O12/c1-27(2)44-30(48)24-47(25-31(49)45-28(3)4)32(50)14-17-42-36(56)40(9,10)16-19-58-21-22-59-20-18-43-35(55)39(7,8)15-13-29(34(53)54)46-37(57)41(11,12)26-38(5,6)23-33(51)52/h28-29H,1,13-26H2,2-12H3,(H,42,56)(H,43,55)(H,44,48)(H,45,49)(H,46,57)(H,51,52)(H,53,54)/t29-/m0/s1. The molecule has 0 radical (unpaired) electrons. The van der Waals surface area contributed by atoms with Gasteiger partial charge in [0.25, 0.3) is 0 Å². The lowest BCUT2D eigenvalue weighted by molar-refractivity contribution is -0.145. The molecule has 338 valence electrons. The van der Waals surface area contributed by atoms with E-state index in [2.05, 4.69) is 33.2 Å². The number of nitrogens with one attached hydrogen (secondary N) is 5. The largest absolute Gasteiger partial charge is 0.481 e. The second kappa shape index (κ2) is 25.1. The van der Waals surface area contributed by atoms with Crippen LogP contribution in [0, 0.1) is 21.7 Å². The minimum Gasteiger partial charge on any atom is -0.481 e. The van der Waals surface area contributed by atoms with Crippen molar-refractivity contribution in [2.75, 3.05) is 52.6 Å². The number of aliphatic carboxylic acids is 2. The van der Waals surface area contributed by atoms with Gasteiger partial charge in [-0.2, -0.15) is 0 Å². The SMILES string of the molecule is C=C(C)NC(=O)CN(CC(=O)NC(C)C)C(=O)CCNC(=O)C(C)(C)CCOCCOCCNC(=O)C(C)(C)CC[C@H](NC(=O)C(C)(C)CC(C)(C)CC(=O)O)C(=O)O. The topological polar surface area (TPSA) is 259 Å². The van der Waals surface area contributed by atoms with Crippen LogP contribution in [-0.4, -0.2) is 127 Å². The molecule has 0 aliphatic carbocycles. The van der Waals surface area contributed by atoms with E-state index in [9.17, 15) is 48.6 Å². The number of rotatable bonds is 30. The van der Waals surface area contributed by atoms with Gasteiger partial charge in [0, 0.05) is 54.1 Å². The zero-order valence-electron chi connectivity index (χ0n) is 37.2. The zero-order chi connectivity index (χ0) is 45.8. The summed E-state index contributed by atoms with van der Waals surface area (Å²) in [6.45, 7) is 22.8. The minimum absolute atomic E-state index is 0.00148. The molecule has 6 amide bonds. The molecule has 0 fully saturated rings. The summed E-state index contributed by atoms with van der Waals surface area (Å²) in [6, 6.07) is -1.39. The Morgan fingerprint density at radius 3 is 1.73 bits per heavy atom. The predicted octanol–water partition coefficient (Wildman–Crippen LogP) is 2.35. The maximum Gasteiger partial charge on any atom is 0.326 e. The lowest BCUT2D eigenvalue weighted by atomic mass is 9.72. The summed E-state index contributed by atoms with van der Waals surface area (Å²) in [7, 11) is 0. The first kappa shape index (κ1) is 54.4. The molecule has 0 aromatic heterocycles. The lowest BCUT2D eigenvalue weighted by Crippen LogP contribution is -2.48. The lowest BCUT2D eigenvalue weighted by Gasteiger charge is -2.34. The fourth-order valence-corrected chi connectivity index (χ4v) is 6.12. The number of hydrogen-bond donors (Lipinski definition) is 7. The highest BCUT2D eigenvalue weighted by atomic mass is 16.5. The van der Waals surface area contributed by atoms with E-state index in [1.807, 2.05) is 0 Å². The third-order valence-corrected chi connectivity index (χ3v) is 9.28. The van der Waals surface area contributed by atoms with Gasteiger partial charge in [-0.1, -0.05) is 62.0 Å². The van der Waals surface area contributed by atoms with Gasteiger partial charge in [0.15, 0.2) is 0 Å². The van der Waals surface area contributed by atoms with E-state index in [1.165, 1.54) is 0 Å². The number of amides is 6. The Morgan fingerprint density at radius 1 is 0.678 bits per heavy atom. The van der Waals surface area contributed by atoms with E-state index in [0.717, 1.165) is 4.90 Å². The molecule has 0 aromatic carbocycles. The quantitative estimate of drug-likeness (QED) is 0.0515. The number of hydrogen-bond acceptors (Lipinski definition) is 10. The van der Waals surface area contributed by atoms with Crippen LogP contribution in [0.5, 0.6) is 0 Å². The summed E-state index contributed by atoms with van der Waals surface area (Å²) >= 11 is 0. The molecule has 18 heteroatoms. The molecule has 0 heterocycles. The van der Waals surface area contributed by atoms with Crippen LogP contribution in [0.25, 0.3) is 0 Å². The Labute approximate surface area is 349 Å². The highest BCUT2D eigenvalue weighted by molar-refractivity contribution is 5.90. The van der Waals surface area contributed by atoms with Crippen LogP contribution in [0.1, 0.15) is 115 Å². The fraction of sp³-hybridized carbons (Fsp3) is 0.756. The Kier molecular flexibility index (Phi) is 23.2. The second-order valence-corrected chi connectivity index (χ2v) is 18.0. The first-order chi connectivity index (χ1) is 27.0. The minimum atomic E-state index is -1.24. The molecule has 0 rings (SSSR count). The number of carboxylic acids is 2. The highest BCUT2D eigenvalue weighted by Crippen LogP contribution is 2.36. The molecule has 0 saturated heterocycles. The normalized spacial score (nSPS) is 12.5. The van der Waals surface area contributed by atoms with E-state index >= 15 is 0 Å². The van der Waals surface area contributed by atoms with Crippen molar-refractivity contribution < 1.29 is 58.0 Å². The van der Waals surface area contributed by atoms with Crippen LogP contribution in [0.4, 0.5) is 0 Å². The summed E-state index contributed by atoms with van der Waals surface area (Å²) in [4.78, 5) is 101. The number of ether oxygens (including phenoxy) is 2. The number of carboxylic acid groups (broad SMARTS) is 2. The maximum absolute atomic E-state index is 13.0. The molecule has 0 bridgehead atoms. The second-order valence-electron chi connectivity index (χ2n) is 18.0. The van der Waals surface area contributed by atoms with Crippen molar-refractivity contribution in [2.45, 2.75) is 127 Å². The van der Waals surface area contributed by atoms with Crippen molar-refractivity contribution in [1.29, 1.82) is 0 Å². The van der Waals surface area contributed by atoms with Gasteiger partial charge >= 0.3 is 11.9 Å². The van der Waals surface area contributed by atoms with Gasteiger partial charge < -0.3 is 51.2 Å². The van der Waals surface area contributed by atoms with E-state index in [4.69, 9.17) is 9.47 Å². The molecule has 0 saturated carbocycles. The van der Waals surface area contributed by atoms with E-state index in [1.54, 1.807) is 76.2 Å². The van der Waals surface area contributed by atoms with Gasteiger partial charge in [0.2, 0.25) is 35.4 Å².